The fourth-order valence-corrected chi connectivity index (χ4v) is 2.99. The van der Waals surface area contributed by atoms with Crippen LogP contribution in [0.5, 0.6) is 0 Å². The van der Waals surface area contributed by atoms with E-state index in [1.807, 2.05) is 36.4 Å². The molecule has 0 saturated heterocycles. The van der Waals surface area contributed by atoms with Crippen LogP contribution in [-0.2, 0) is 22.6 Å². The molecule has 0 aliphatic heterocycles. The summed E-state index contributed by atoms with van der Waals surface area (Å²) in [6, 6.07) is 13.4. The van der Waals surface area contributed by atoms with Gasteiger partial charge in [0, 0.05) is 23.5 Å². The molecule has 3 aromatic rings. The lowest BCUT2D eigenvalue weighted by atomic mass is 10.1. The lowest BCUT2D eigenvalue weighted by Gasteiger charge is -2.14. The Kier molecular flexibility index (Phi) is 5.43. The highest BCUT2D eigenvalue weighted by Crippen LogP contribution is 2.27. The van der Waals surface area contributed by atoms with Gasteiger partial charge in [-0.3, -0.25) is 0 Å². The first-order chi connectivity index (χ1) is 12.5. The molecule has 0 spiro atoms. The van der Waals surface area contributed by atoms with Gasteiger partial charge in [-0.05, 0) is 23.3 Å². The van der Waals surface area contributed by atoms with E-state index in [4.69, 9.17) is 16.3 Å². The van der Waals surface area contributed by atoms with Crippen LogP contribution < -0.4 is 5.32 Å². The Morgan fingerprint density at radius 1 is 1.15 bits per heavy atom. The fraction of sp³-hybridized carbons (Fsp3) is 0.158. The van der Waals surface area contributed by atoms with E-state index in [0.29, 0.717) is 10.6 Å². The predicted molar refractivity (Wildman–Crippen MR) is 98.2 cm³/mol. The number of carbonyl (C=O) groups excluding carboxylic acids is 1. The van der Waals surface area contributed by atoms with Crippen LogP contribution in [0.25, 0.3) is 10.9 Å². The number of ether oxygens (including phenoxy) is 1. The van der Waals surface area contributed by atoms with Gasteiger partial charge in [0.2, 0.25) is 0 Å². The number of carboxylic acid groups (broad SMARTS) is 1. The van der Waals surface area contributed by atoms with Crippen LogP contribution in [0.1, 0.15) is 11.1 Å². The van der Waals surface area contributed by atoms with Crippen molar-refractivity contribution in [3.05, 3.63) is 70.9 Å². The summed E-state index contributed by atoms with van der Waals surface area (Å²) in [6.45, 7) is 0.0674. The van der Waals surface area contributed by atoms with Crippen LogP contribution in [0, 0.1) is 0 Å². The Morgan fingerprint density at radius 3 is 2.65 bits per heavy atom. The third kappa shape index (κ3) is 4.15. The number of hydrogen-bond donors (Lipinski definition) is 3. The number of alkyl carbamates (subject to hydrolysis) is 1. The number of carboxylic acids is 1. The van der Waals surface area contributed by atoms with Crippen LogP contribution >= 0.6 is 11.6 Å². The number of amides is 1. The molecule has 0 saturated carbocycles. The minimum atomic E-state index is -1.15. The number of rotatable bonds is 6. The maximum atomic E-state index is 12.0. The Labute approximate surface area is 154 Å². The highest BCUT2D eigenvalue weighted by atomic mass is 35.5. The van der Waals surface area contributed by atoms with E-state index < -0.39 is 18.1 Å². The van der Waals surface area contributed by atoms with Crippen molar-refractivity contribution in [2.24, 2.45) is 0 Å². The van der Waals surface area contributed by atoms with E-state index in [2.05, 4.69) is 10.3 Å². The number of nitrogens with one attached hydrogen (secondary N) is 2. The molecule has 2 aromatic carbocycles. The molecule has 26 heavy (non-hydrogen) atoms. The second-order valence-electron chi connectivity index (χ2n) is 5.78. The number of aliphatic carboxylic acids is 1. The zero-order valence-corrected chi connectivity index (χ0v) is 14.5. The van der Waals surface area contributed by atoms with E-state index >= 15 is 0 Å². The third-order valence-corrected chi connectivity index (χ3v) is 4.28. The van der Waals surface area contributed by atoms with E-state index in [9.17, 15) is 14.7 Å². The number of H-pyrrole nitrogens is 1. The number of carbonyl (C=O) groups is 2. The third-order valence-electron chi connectivity index (χ3n) is 3.96. The minimum absolute atomic E-state index is 0.0674. The molecule has 0 unspecified atom stereocenters. The summed E-state index contributed by atoms with van der Waals surface area (Å²) in [5, 5.41) is 13.1. The molecule has 1 atom stereocenters. The van der Waals surface area contributed by atoms with Gasteiger partial charge in [0.1, 0.15) is 12.6 Å². The van der Waals surface area contributed by atoms with Crippen LogP contribution in [0.3, 0.4) is 0 Å². The summed E-state index contributed by atoms with van der Waals surface area (Å²) in [5.41, 5.74) is 2.34. The Morgan fingerprint density at radius 2 is 1.92 bits per heavy atom. The summed E-state index contributed by atoms with van der Waals surface area (Å²) in [6.07, 6.45) is 0.996. The van der Waals surface area contributed by atoms with Crippen molar-refractivity contribution >= 4 is 34.6 Å². The van der Waals surface area contributed by atoms with Crippen molar-refractivity contribution in [1.82, 2.24) is 10.3 Å². The topological polar surface area (TPSA) is 91.4 Å². The molecule has 134 valence electrons. The highest BCUT2D eigenvalue weighted by Gasteiger charge is 2.23. The van der Waals surface area contributed by atoms with Gasteiger partial charge in [0.05, 0.1) is 5.02 Å². The number of benzene rings is 2. The van der Waals surface area contributed by atoms with Gasteiger partial charge >= 0.3 is 12.1 Å². The monoisotopic (exact) mass is 372 g/mol. The second-order valence-corrected chi connectivity index (χ2v) is 6.18. The van der Waals surface area contributed by atoms with Gasteiger partial charge in [0.15, 0.2) is 0 Å². The van der Waals surface area contributed by atoms with Crippen LogP contribution in [0.2, 0.25) is 5.02 Å². The summed E-state index contributed by atoms with van der Waals surface area (Å²) in [5.74, 6) is -1.15. The molecule has 1 aromatic heterocycles. The molecule has 0 aliphatic carbocycles. The lowest BCUT2D eigenvalue weighted by molar-refractivity contribution is -0.139. The van der Waals surface area contributed by atoms with E-state index in [1.54, 1.807) is 18.3 Å². The largest absolute Gasteiger partial charge is 0.480 e. The number of hydrogen-bond acceptors (Lipinski definition) is 3. The van der Waals surface area contributed by atoms with Gasteiger partial charge in [-0.2, -0.15) is 0 Å². The minimum Gasteiger partial charge on any atom is -0.480 e. The fourth-order valence-electron chi connectivity index (χ4n) is 2.70. The molecular formula is C19H17ClN2O4. The molecule has 7 heteroatoms. The van der Waals surface area contributed by atoms with Crippen molar-refractivity contribution in [2.45, 2.75) is 19.1 Å². The average molecular weight is 373 g/mol. The Bertz CT molecular complexity index is 924. The number of halogens is 1. The van der Waals surface area contributed by atoms with Gasteiger partial charge < -0.3 is 20.1 Å². The quantitative estimate of drug-likeness (QED) is 0.614. The molecule has 0 aliphatic rings. The lowest BCUT2D eigenvalue weighted by Crippen LogP contribution is -2.42. The molecule has 1 amide bonds. The molecule has 3 rings (SSSR count). The first-order valence-corrected chi connectivity index (χ1v) is 8.37. The smallest absolute Gasteiger partial charge is 0.408 e. The molecule has 3 N–H and O–H groups in total. The van der Waals surface area contributed by atoms with Gasteiger partial charge in [-0.25, -0.2) is 9.59 Å². The Hall–Kier alpha value is -2.99. The number of aromatic amines is 1. The normalized spacial score (nSPS) is 11.9. The van der Waals surface area contributed by atoms with Crippen molar-refractivity contribution < 1.29 is 19.4 Å². The molecular weight excluding hydrogens is 356 g/mol. The van der Waals surface area contributed by atoms with Crippen LogP contribution in [0.4, 0.5) is 4.79 Å². The molecule has 1 heterocycles. The van der Waals surface area contributed by atoms with Crippen LogP contribution in [0.15, 0.2) is 54.7 Å². The maximum absolute atomic E-state index is 12.0. The van der Waals surface area contributed by atoms with Crippen molar-refractivity contribution in [2.75, 3.05) is 0 Å². The van der Waals surface area contributed by atoms with Crippen molar-refractivity contribution in [3.8, 4) is 0 Å². The Balaban J connectivity index is 1.67. The standard InChI is InChI=1S/C19H17ClN2O4/c20-14-7-4-8-15-17(14)13(10-21-15)9-16(18(23)24)22-19(25)26-11-12-5-2-1-3-6-12/h1-8,10,16,21H,9,11H2,(H,22,25)(H,23,24)/t16-/m0/s1. The summed E-state index contributed by atoms with van der Waals surface area (Å²) in [4.78, 5) is 26.6. The van der Waals surface area contributed by atoms with E-state index in [0.717, 1.165) is 16.5 Å². The predicted octanol–water partition coefficient (Wildman–Crippen LogP) is 3.74. The average Bonchev–Trinajstić information content (AvgIpc) is 3.04. The SMILES string of the molecule is O=C(N[C@@H](Cc1c[nH]c2cccc(Cl)c12)C(=O)O)OCc1ccccc1. The van der Waals surface area contributed by atoms with Gasteiger partial charge in [-0.1, -0.05) is 48.0 Å². The van der Waals surface area contributed by atoms with Gasteiger partial charge in [-0.15, -0.1) is 0 Å². The zero-order valence-electron chi connectivity index (χ0n) is 13.7. The molecule has 0 radical (unpaired) electrons. The van der Waals surface area contributed by atoms with Crippen LogP contribution in [-0.4, -0.2) is 28.2 Å². The zero-order chi connectivity index (χ0) is 18.5. The summed E-state index contributed by atoms with van der Waals surface area (Å²) < 4.78 is 5.09. The highest BCUT2D eigenvalue weighted by molar-refractivity contribution is 6.35. The van der Waals surface area contributed by atoms with Crippen molar-refractivity contribution in [1.29, 1.82) is 0 Å². The maximum Gasteiger partial charge on any atom is 0.408 e. The second kappa shape index (κ2) is 7.93. The van der Waals surface area contributed by atoms with E-state index in [-0.39, 0.29) is 13.0 Å². The first kappa shape index (κ1) is 17.8. The summed E-state index contributed by atoms with van der Waals surface area (Å²) >= 11 is 6.21. The van der Waals surface area contributed by atoms with Gasteiger partial charge in [0.25, 0.3) is 0 Å². The van der Waals surface area contributed by atoms with Crippen molar-refractivity contribution in [3.63, 3.8) is 0 Å². The number of aromatic nitrogens is 1. The van der Waals surface area contributed by atoms with E-state index in [1.165, 1.54) is 0 Å². The summed E-state index contributed by atoms with van der Waals surface area (Å²) in [7, 11) is 0. The molecule has 6 nitrogen and oxygen atoms in total. The molecule has 0 fully saturated rings. The molecule has 0 bridgehead atoms. The number of fused-ring (bicyclic) bond motifs is 1. The first-order valence-electron chi connectivity index (χ1n) is 7.99.